The van der Waals surface area contributed by atoms with Crippen LogP contribution in [-0.4, -0.2) is 61.5 Å². The second-order valence-electron chi connectivity index (χ2n) is 4.71. The fraction of sp³-hybridized carbons (Fsp3) is 0.846. The molecule has 18 heavy (non-hydrogen) atoms. The number of rotatable bonds is 7. The Kier molecular flexibility index (Phi) is 6.72. The summed E-state index contributed by atoms with van der Waals surface area (Å²) in [4.78, 5) is 26.5. The summed E-state index contributed by atoms with van der Waals surface area (Å²) in [5.74, 6) is 0.0973. The Balaban J connectivity index is 2.01. The standard InChI is InChI=1S/C13H24N2O3/c1-3-18-13(17)7-5-4-6-8-15-10-9-14(2)12(16)11-15/h3-11H2,1-2H3. The zero-order valence-electron chi connectivity index (χ0n) is 11.5. The predicted molar refractivity (Wildman–Crippen MR) is 69.2 cm³/mol. The number of piperazine rings is 1. The second kappa shape index (κ2) is 8.08. The highest BCUT2D eigenvalue weighted by molar-refractivity contribution is 5.78. The van der Waals surface area contributed by atoms with Gasteiger partial charge in [-0.3, -0.25) is 14.5 Å². The van der Waals surface area contributed by atoms with E-state index in [0.29, 0.717) is 19.6 Å². The van der Waals surface area contributed by atoms with Crippen LogP contribution in [-0.2, 0) is 14.3 Å². The van der Waals surface area contributed by atoms with E-state index in [4.69, 9.17) is 4.74 Å². The van der Waals surface area contributed by atoms with E-state index in [9.17, 15) is 9.59 Å². The van der Waals surface area contributed by atoms with Crippen LogP contribution in [0.5, 0.6) is 0 Å². The number of hydrogen-bond donors (Lipinski definition) is 0. The van der Waals surface area contributed by atoms with Crippen LogP contribution in [0.15, 0.2) is 0 Å². The van der Waals surface area contributed by atoms with Gasteiger partial charge in [-0.2, -0.15) is 0 Å². The molecule has 1 amide bonds. The monoisotopic (exact) mass is 256 g/mol. The van der Waals surface area contributed by atoms with Crippen molar-refractivity contribution >= 4 is 11.9 Å². The van der Waals surface area contributed by atoms with Crippen molar-refractivity contribution in [2.24, 2.45) is 0 Å². The number of carbonyl (C=O) groups is 2. The molecule has 0 unspecified atom stereocenters. The Hall–Kier alpha value is -1.10. The van der Waals surface area contributed by atoms with Crippen LogP contribution in [0.1, 0.15) is 32.6 Å². The number of unbranched alkanes of at least 4 members (excludes halogenated alkanes) is 2. The molecule has 0 bridgehead atoms. The van der Waals surface area contributed by atoms with E-state index in [1.165, 1.54) is 0 Å². The Morgan fingerprint density at radius 2 is 2.06 bits per heavy atom. The molecular formula is C13H24N2O3. The van der Waals surface area contributed by atoms with Crippen LogP contribution in [0, 0.1) is 0 Å². The summed E-state index contributed by atoms with van der Waals surface area (Å²) in [7, 11) is 1.85. The van der Waals surface area contributed by atoms with Crippen LogP contribution >= 0.6 is 0 Å². The molecule has 0 saturated carbocycles. The minimum Gasteiger partial charge on any atom is -0.466 e. The van der Waals surface area contributed by atoms with Crippen LogP contribution < -0.4 is 0 Å². The van der Waals surface area contributed by atoms with Crippen molar-refractivity contribution in [1.82, 2.24) is 9.80 Å². The summed E-state index contributed by atoms with van der Waals surface area (Å²) in [5, 5.41) is 0. The maximum atomic E-state index is 11.5. The first-order valence-electron chi connectivity index (χ1n) is 6.75. The van der Waals surface area contributed by atoms with Gasteiger partial charge in [0.15, 0.2) is 0 Å². The van der Waals surface area contributed by atoms with Crippen LogP contribution in [0.3, 0.4) is 0 Å². The summed E-state index contributed by atoms with van der Waals surface area (Å²) in [6.07, 6.45) is 3.44. The molecule has 0 spiro atoms. The smallest absolute Gasteiger partial charge is 0.305 e. The van der Waals surface area contributed by atoms with Gasteiger partial charge in [0, 0.05) is 26.6 Å². The normalized spacial score (nSPS) is 17.0. The highest BCUT2D eigenvalue weighted by Crippen LogP contribution is 2.06. The van der Waals surface area contributed by atoms with E-state index in [1.54, 1.807) is 4.90 Å². The summed E-state index contributed by atoms with van der Waals surface area (Å²) in [6, 6.07) is 0. The van der Waals surface area contributed by atoms with E-state index in [2.05, 4.69) is 4.90 Å². The first-order valence-corrected chi connectivity index (χ1v) is 6.75. The molecular weight excluding hydrogens is 232 g/mol. The molecule has 1 aliphatic heterocycles. The summed E-state index contributed by atoms with van der Waals surface area (Å²) in [6.45, 7) is 5.54. The summed E-state index contributed by atoms with van der Waals surface area (Å²) >= 11 is 0. The van der Waals surface area contributed by atoms with Gasteiger partial charge in [0.1, 0.15) is 0 Å². The lowest BCUT2D eigenvalue weighted by Gasteiger charge is -2.31. The Labute approximate surface area is 109 Å². The Morgan fingerprint density at radius 1 is 1.28 bits per heavy atom. The molecule has 0 atom stereocenters. The van der Waals surface area contributed by atoms with E-state index in [1.807, 2.05) is 14.0 Å². The molecule has 1 saturated heterocycles. The maximum Gasteiger partial charge on any atom is 0.305 e. The third-order valence-electron chi connectivity index (χ3n) is 3.20. The quantitative estimate of drug-likeness (QED) is 0.501. The fourth-order valence-corrected chi connectivity index (χ4v) is 2.01. The molecule has 1 heterocycles. The van der Waals surface area contributed by atoms with Crippen molar-refractivity contribution in [1.29, 1.82) is 0 Å². The van der Waals surface area contributed by atoms with Gasteiger partial charge in [0.05, 0.1) is 13.2 Å². The first-order chi connectivity index (χ1) is 8.63. The fourth-order valence-electron chi connectivity index (χ4n) is 2.01. The molecule has 104 valence electrons. The lowest BCUT2D eigenvalue weighted by atomic mass is 10.2. The van der Waals surface area contributed by atoms with E-state index < -0.39 is 0 Å². The Bertz CT molecular complexity index is 281. The number of esters is 1. The lowest BCUT2D eigenvalue weighted by molar-refractivity contribution is -0.143. The van der Waals surface area contributed by atoms with Crippen molar-refractivity contribution in [2.45, 2.75) is 32.6 Å². The molecule has 1 aliphatic rings. The summed E-state index contributed by atoms with van der Waals surface area (Å²) in [5.41, 5.74) is 0. The lowest BCUT2D eigenvalue weighted by Crippen LogP contribution is -2.48. The van der Waals surface area contributed by atoms with E-state index in [-0.39, 0.29) is 11.9 Å². The third-order valence-corrected chi connectivity index (χ3v) is 3.20. The van der Waals surface area contributed by atoms with Crippen molar-refractivity contribution in [3.63, 3.8) is 0 Å². The average Bonchev–Trinajstić information content (AvgIpc) is 2.33. The number of amides is 1. The van der Waals surface area contributed by atoms with E-state index in [0.717, 1.165) is 38.9 Å². The van der Waals surface area contributed by atoms with Crippen molar-refractivity contribution in [2.75, 3.05) is 39.8 Å². The highest BCUT2D eigenvalue weighted by atomic mass is 16.5. The number of carbonyl (C=O) groups excluding carboxylic acids is 2. The van der Waals surface area contributed by atoms with Gasteiger partial charge in [-0.05, 0) is 26.3 Å². The number of ether oxygens (including phenoxy) is 1. The second-order valence-corrected chi connectivity index (χ2v) is 4.71. The maximum absolute atomic E-state index is 11.5. The molecule has 1 fully saturated rings. The Morgan fingerprint density at radius 3 is 2.72 bits per heavy atom. The molecule has 0 aromatic heterocycles. The van der Waals surface area contributed by atoms with Crippen LogP contribution in [0.2, 0.25) is 0 Å². The summed E-state index contributed by atoms with van der Waals surface area (Å²) < 4.78 is 4.86. The predicted octanol–water partition coefficient (Wildman–Crippen LogP) is 0.884. The van der Waals surface area contributed by atoms with Gasteiger partial charge >= 0.3 is 5.97 Å². The van der Waals surface area contributed by atoms with Crippen molar-refractivity contribution in [3.05, 3.63) is 0 Å². The van der Waals surface area contributed by atoms with Gasteiger partial charge in [-0.15, -0.1) is 0 Å². The van der Waals surface area contributed by atoms with E-state index >= 15 is 0 Å². The molecule has 1 rings (SSSR count). The molecule has 0 N–H and O–H groups in total. The molecule has 0 aliphatic carbocycles. The van der Waals surface area contributed by atoms with Gasteiger partial charge < -0.3 is 9.64 Å². The van der Waals surface area contributed by atoms with Gasteiger partial charge in [0.2, 0.25) is 5.91 Å². The van der Waals surface area contributed by atoms with Gasteiger partial charge in [-0.25, -0.2) is 0 Å². The minimum absolute atomic E-state index is 0.104. The minimum atomic E-state index is -0.104. The van der Waals surface area contributed by atoms with Gasteiger partial charge in [0.25, 0.3) is 0 Å². The topological polar surface area (TPSA) is 49.9 Å². The van der Waals surface area contributed by atoms with Crippen molar-refractivity contribution in [3.8, 4) is 0 Å². The zero-order valence-corrected chi connectivity index (χ0v) is 11.5. The molecule has 0 radical (unpaired) electrons. The number of likely N-dealkylation sites (N-methyl/N-ethyl adjacent to an activating group) is 1. The van der Waals surface area contributed by atoms with Crippen LogP contribution in [0.25, 0.3) is 0 Å². The molecule has 5 heteroatoms. The number of hydrogen-bond acceptors (Lipinski definition) is 4. The molecule has 0 aromatic carbocycles. The number of nitrogens with zero attached hydrogens (tertiary/aromatic N) is 2. The largest absolute Gasteiger partial charge is 0.466 e. The zero-order chi connectivity index (χ0) is 13.4. The van der Waals surface area contributed by atoms with Gasteiger partial charge in [-0.1, -0.05) is 6.42 Å². The van der Waals surface area contributed by atoms with Crippen molar-refractivity contribution < 1.29 is 14.3 Å². The third kappa shape index (κ3) is 5.49. The highest BCUT2D eigenvalue weighted by Gasteiger charge is 2.19. The first kappa shape index (κ1) is 15.0. The average molecular weight is 256 g/mol. The van der Waals surface area contributed by atoms with Crippen LogP contribution in [0.4, 0.5) is 0 Å². The molecule has 0 aromatic rings. The SMILES string of the molecule is CCOC(=O)CCCCCN1CCN(C)C(=O)C1. The molecule has 5 nitrogen and oxygen atoms in total.